The molecule has 0 aliphatic rings. The molecule has 1 atom stereocenters. The number of halogens is 6. The molecule has 0 radical (unpaired) electrons. The van der Waals surface area contributed by atoms with Gasteiger partial charge in [-0.2, -0.15) is 26.3 Å². The maximum Gasteiger partial charge on any atom is 0.417 e. The van der Waals surface area contributed by atoms with Crippen molar-refractivity contribution in [2.75, 3.05) is 6.16 Å². The van der Waals surface area contributed by atoms with Gasteiger partial charge in [0.15, 0.2) is 14.2 Å². The average Bonchev–Trinajstić information content (AvgIpc) is 2.60. The summed E-state index contributed by atoms with van der Waals surface area (Å²) < 4.78 is 90.7. The molecule has 2 rings (SSSR count). The van der Waals surface area contributed by atoms with Crippen molar-refractivity contribution in [1.82, 2.24) is 0 Å². The summed E-state index contributed by atoms with van der Waals surface area (Å²) >= 11 is 0. The van der Waals surface area contributed by atoms with Crippen LogP contribution in [0.15, 0.2) is 48.5 Å². The summed E-state index contributed by atoms with van der Waals surface area (Å²) in [6.07, 6.45) is -10.5. The first-order valence-corrected chi connectivity index (χ1v) is 8.72. The summed E-state index contributed by atoms with van der Waals surface area (Å²) in [5, 5.41) is 0. The number of Topliss-reactive ketones (excluding diaryl/α,β-unsaturated/α-hetero) is 1. The van der Waals surface area contributed by atoms with Crippen molar-refractivity contribution < 1.29 is 35.7 Å². The van der Waals surface area contributed by atoms with E-state index in [9.17, 15) is 35.7 Å². The fourth-order valence-corrected chi connectivity index (χ4v) is 3.14. The van der Waals surface area contributed by atoms with E-state index in [0.29, 0.717) is 18.2 Å². The molecule has 0 spiro atoms. The number of rotatable bonds is 6. The molecule has 0 fully saturated rings. The highest BCUT2D eigenvalue weighted by molar-refractivity contribution is 7.23. The summed E-state index contributed by atoms with van der Waals surface area (Å²) in [5.41, 5.74) is -4.42. The van der Waals surface area contributed by atoms with Crippen LogP contribution in [0, 0.1) is 0 Å². The molecular weight excluding hydrogens is 393 g/mol. The Morgan fingerprint density at radius 3 is 1.81 bits per heavy atom. The van der Waals surface area contributed by atoms with Gasteiger partial charge < -0.3 is 0 Å². The van der Waals surface area contributed by atoms with Crippen LogP contribution in [-0.4, -0.2) is 11.9 Å². The normalized spacial score (nSPS) is 13.6. The Balaban J connectivity index is 2.68. The van der Waals surface area contributed by atoms with Gasteiger partial charge in [-0.1, -0.05) is 36.4 Å². The summed E-state index contributed by atoms with van der Waals surface area (Å²) in [6, 6.07) is 9.04. The van der Waals surface area contributed by atoms with Crippen molar-refractivity contribution in [2.24, 2.45) is 0 Å². The molecule has 0 heterocycles. The van der Waals surface area contributed by atoms with Crippen molar-refractivity contribution in [3.05, 3.63) is 70.8 Å². The number of carbonyl (C=O) groups excluding carboxylic acids is 1. The zero-order chi connectivity index (χ0) is 20.2. The number of hydrogen-bond donors (Lipinski definition) is 0. The molecular formula is C18H13F6O2P. The van der Waals surface area contributed by atoms with Crippen molar-refractivity contribution in [3.63, 3.8) is 0 Å². The van der Waals surface area contributed by atoms with Crippen molar-refractivity contribution >= 4 is 14.2 Å². The average molecular weight is 406 g/mol. The summed E-state index contributed by atoms with van der Waals surface area (Å²) in [6.45, 7) is 0. The lowest BCUT2D eigenvalue weighted by atomic mass is 9.84. The van der Waals surface area contributed by atoms with Gasteiger partial charge in [-0.3, -0.25) is 9.36 Å². The largest absolute Gasteiger partial charge is 0.417 e. The summed E-state index contributed by atoms with van der Waals surface area (Å²) in [7, 11) is -0.359. The molecule has 2 nitrogen and oxygen atoms in total. The van der Waals surface area contributed by atoms with E-state index in [2.05, 4.69) is 0 Å². The van der Waals surface area contributed by atoms with Crippen LogP contribution in [0.25, 0.3) is 0 Å². The second-order valence-electron chi connectivity index (χ2n) is 5.69. The Hall–Kier alpha value is -2.21. The van der Waals surface area contributed by atoms with Gasteiger partial charge in [-0.05, 0) is 24.1 Å². The molecule has 0 aliphatic heterocycles. The Morgan fingerprint density at radius 1 is 0.852 bits per heavy atom. The lowest BCUT2D eigenvalue weighted by Crippen LogP contribution is -2.24. The van der Waals surface area contributed by atoms with Gasteiger partial charge in [-0.15, -0.1) is 0 Å². The molecule has 0 saturated heterocycles. The lowest BCUT2D eigenvalue weighted by Gasteiger charge is -2.22. The molecule has 27 heavy (non-hydrogen) atoms. The second-order valence-corrected chi connectivity index (χ2v) is 6.40. The number of carbonyl (C=O) groups is 1. The fraction of sp³-hybridized carbons (Fsp3) is 0.278. The molecule has 9 heteroatoms. The van der Waals surface area contributed by atoms with Gasteiger partial charge in [0, 0.05) is 17.6 Å². The standard InChI is InChI=1S/C18H13F6O2P/c19-17(20,21)13-7-4-8-14(18(22,23)24)15(13)16(25)12(9-10-27-26)11-5-2-1-3-6-11/h1-8,12H,9-10H2. The molecule has 0 aromatic heterocycles. The van der Waals surface area contributed by atoms with Gasteiger partial charge in [0.25, 0.3) is 0 Å². The topological polar surface area (TPSA) is 34.1 Å². The van der Waals surface area contributed by atoms with Gasteiger partial charge >= 0.3 is 12.4 Å². The highest BCUT2D eigenvalue weighted by Crippen LogP contribution is 2.41. The number of ketones is 1. The number of benzene rings is 2. The van der Waals surface area contributed by atoms with Crippen LogP contribution in [0.2, 0.25) is 0 Å². The molecule has 0 N–H and O–H groups in total. The third-order valence-electron chi connectivity index (χ3n) is 3.95. The van der Waals surface area contributed by atoms with Gasteiger partial charge in [-0.25, -0.2) is 0 Å². The van der Waals surface area contributed by atoms with Crippen molar-refractivity contribution in [1.29, 1.82) is 0 Å². The fourth-order valence-electron chi connectivity index (χ4n) is 2.78. The molecule has 144 valence electrons. The molecule has 0 saturated carbocycles. The van der Waals surface area contributed by atoms with Gasteiger partial charge in [0.1, 0.15) is 0 Å². The van der Waals surface area contributed by atoms with E-state index in [4.69, 9.17) is 0 Å². The monoisotopic (exact) mass is 406 g/mol. The molecule has 2 aromatic rings. The highest BCUT2D eigenvalue weighted by atomic mass is 31.1. The Bertz CT molecular complexity index is 783. The van der Waals surface area contributed by atoms with E-state index < -0.39 is 40.7 Å². The summed E-state index contributed by atoms with van der Waals surface area (Å²) in [5.74, 6) is -2.58. The lowest BCUT2D eigenvalue weighted by molar-refractivity contribution is -0.143. The van der Waals surface area contributed by atoms with E-state index in [1.807, 2.05) is 0 Å². The van der Waals surface area contributed by atoms with Crippen LogP contribution < -0.4 is 0 Å². The van der Waals surface area contributed by atoms with Crippen LogP contribution in [-0.2, 0) is 16.9 Å². The van der Waals surface area contributed by atoms with Crippen LogP contribution in [0.5, 0.6) is 0 Å². The minimum absolute atomic E-state index is 0.0825. The quantitative estimate of drug-likeness (QED) is 0.317. The smallest absolute Gasteiger partial charge is 0.293 e. The first kappa shape index (κ1) is 21.1. The van der Waals surface area contributed by atoms with E-state index in [0.717, 1.165) is 0 Å². The number of alkyl halides is 6. The van der Waals surface area contributed by atoms with Crippen LogP contribution in [0.3, 0.4) is 0 Å². The zero-order valence-corrected chi connectivity index (χ0v) is 14.5. The maximum absolute atomic E-state index is 13.3. The number of hydrogen-bond acceptors (Lipinski definition) is 2. The van der Waals surface area contributed by atoms with Gasteiger partial charge in [0.2, 0.25) is 0 Å². The van der Waals surface area contributed by atoms with Gasteiger partial charge in [0.05, 0.1) is 11.1 Å². The predicted molar refractivity (Wildman–Crippen MR) is 87.1 cm³/mol. The summed E-state index contributed by atoms with van der Waals surface area (Å²) in [4.78, 5) is 12.9. The second kappa shape index (κ2) is 8.21. The molecule has 2 aromatic carbocycles. The Kier molecular flexibility index (Phi) is 6.42. The molecule has 0 bridgehead atoms. The SMILES string of the molecule is O=PCCC(C(=O)c1c(C(F)(F)F)cccc1C(F)(F)F)c1ccccc1. The minimum atomic E-state index is -5.13. The first-order chi connectivity index (χ1) is 12.6. The predicted octanol–water partition coefficient (Wildman–Crippen LogP) is 6.37. The molecule has 0 amide bonds. The maximum atomic E-state index is 13.3. The van der Waals surface area contributed by atoms with E-state index in [-0.39, 0.29) is 26.6 Å². The first-order valence-electron chi connectivity index (χ1n) is 7.73. The third kappa shape index (κ3) is 4.95. The van der Waals surface area contributed by atoms with E-state index in [1.165, 1.54) is 24.3 Å². The van der Waals surface area contributed by atoms with Crippen LogP contribution in [0.1, 0.15) is 39.4 Å². The Morgan fingerprint density at radius 2 is 1.37 bits per heavy atom. The van der Waals surface area contributed by atoms with E-state index in [1.54, 1.807) is 6.07 Å². The van der Waals surface area contributed by atoms with Crippen molar-refractivity contribution in [2.45, 2.75) is 24.7 Å². The van der Waals surface area contributed by atoms with Crippen LogP contribution >= 0.6 is 8.46 Å². The van der Waals surface area contributed by atoms with Crippen LogP contribution in [0.4, 0.5) is 26.3 Å². The molecule has 0 aliphatic carbocycles. The minimum Gasteiger partial charge on any atom is -0.293 e. The zero-order valence-electron chi connectivity index (χ0n) is 13.6. The Labute approximate surface area is 152 Å². The van der Waals surface area contributed by atoms with E-state index >= 15 is 0 Å². The molecule has 1 unspecified atom stereocenters. The van der Waals surface area contributed by atoms with Crippen molar-refractivity contribution in [3.8, 4) is 0 Å². The highest BCUT2D eigenvalue weighted by Gasteiger charge is 2.44. The third-order valence-corrected chi connectivity index (χ3v) is 4.39.